The molecule has 2 atom stereocenters. The summed E-state index contributed by atoms with van der Waals surface area (Å²) in [5.41, 5.74) is 1.45. The van der Waals surface area contributed by atoms with Gasteiger partial charge in [0.15, 0.2) is 5.78 Å². The summed E-state index contributed by atoms with van der Waals surface area (Å²) in [6.45, 7) is 4.48. The number of hydrogen-bond donors (Lipinski definition) is 2. The van der Waals surface area contributed by atoms with Gasteiger partial charge in [0.2, 0.25) is 0 Å². The lowest BCUT2D eigenvalue weighted by Gasteiger charge is -2.26. The Balaban J connectivity index is 1.70. The van der Waals surface area contributed by atoms with E-state index in [0.717, 1.165) is 24.2 Å². The SMILES string of the molecule is CC[C@H](C)[C@@H](COc1ccc(-c2ccc(C(F)(F)F)cc2Cl)c(OC)c1)Nc1ccc(C(=O)CCCC(=O)O)cc1. The minimum Gasteiger partial charge on any atom is -0.496 e. The summed E-state index contributed by atoms with van der Waals surface area (Å²) in [6, 6.07) is 15.3. The number of anilines is 1. The molecule has 0 spiro atoms. The third kappa shape index (κ3) is 8.88. The summed E-state index contributed by atoms with van der Waals surface area (Å²) in [6.07, 6.45) is -3.18. The summed E-state index contributed by atoms with van der Waals surface area (Å²) >= 11 is 6.19. The highest BCUT2D eigenvalue weighted by Crippen LogP contribution is 2.40. The fraction of sp³-hybridized carbons (Fsp3) is 0.355. The Bertz CT molecular complexity index is 1340. The van der Waals surface area contributed by atoms with Gasteiger partial charge in [-0.05, 0) is 60.9 Å². The lowest BCUT2D eigenvalue weighted by Crippen LogP contribution is -2.33. The second-order valence-corrected chi connectivity index (χ2v) is 10.2. The molecule has 0 saturated carbocycles. The van der Waals surface area contributed by atoms with Crippen LogP contribution < -0.4 is 14.8 Å². The largest absolute Gasteiger partial charge is 0.496 e. The Hall–Kier alpha value is -3.72. The number of carbonyl (C=O) groups excluding carboxylic acids is 1. The Morgan fingerprint density at radius 1 is 1.00 bits per heavy atom. The van der Waals surface area contributed by atoms with E-state index in [2.05, 4.69) is 19.2 Å². The van der Waals surface area contributed by atoms with Crippen molar-refractivity contribution in [1.29, 1.82) is 0 Å². The highest BCUT2D eigenvalue weighted by molar-refractivity contribution is 6.33. The van der Waals surface area contributed by atoms with E-state index < -0.39 is 17.7 Å². The average Bonchev–Trinajstić information content (AvgIpc) is 2.94. The number of hydrogen-bond acceptors (Lipinski definition) is 5. The normalized spacial score (nSPS) is 12.9. The fourth-order valence-electron chi connectivity index (χ4n) is 4.22. The van der Waals surface area contributed by atoms with Crippen molar-refractivity contribution in [3.8, 4) is 22.6 Å². The van der Waals surface area contributed by atoms with Gasteiger partial charge in [-0.15, -0.1) is 0 Å². The Morgan fingerprint density at radius 3 is 2.27 bits per heavy atom. The Labute approximate surface area is 242 Å². The minimum absolute atomic E-state index is 0.0409. The standard InChI is InChI=1S/C31H33ClF3NO5/c1-4-19(2)27(36-22-11-8-20(9-12-22)28(37)6-5-7-30(38)39)18-41-23-13-15-25(29(17-23)40-3)24-14-10-21(16-26(24)32)31(33,34)35/h8-17,19,27,36H,4-7,18H2,1-3H3,(H,38,39)/t19-,27+/m0/s1. The van der Waals surface area contributed by atoms with Gasteiger partial charge in [-0.3, -0.25) is 9.59 Å². The molecule has 0 aliphatic heterocycles. The molecule has 3 aromatic carbocycles. The number of ether oxygens (including phenoxy) is 2. The number of carbonyl (C=O) groups is 2. The van der Waals surface area contributed by atoms with Crippen molar-refractivity contribution in [3.63, 3.8) is 0 Å². The van der Waals surface area contributed by atoms with Crippen LogP contribution in [0.3, 0.4) is 0 Å². The molecule has 0 saturated heterocycles. The predicted molar refractivity (Wildman–Crippen MR) is 153 cm³/mol. The molecule has 6 nitrogen and oxygen atoms in total. The molecule has 0 aliphatic rings. The van der Waals surface area contributed by atoms with Crippen molar-refractivity contribution in [2.75, 3.05) is 19.0 Å². The minimum atomic E-state index is -4.49. The summed E-state index contributed by atoms with van der Waals surface area (Å²) in [5, 5.41) is 12.2. The van der Waals surface area contributed by atoms with Crippen molar-refractivity contribution in [2.24, 2.45) is 5.92 Å². The third-order valence-electron chi connectivity index (χ3n) is 6.87. The first-order chi connectivity index (χ1) is 19.4. The maximum absolute atomic E-state index is 13.0. The van der Waals surface area contributed by atoms with Crippen molar-refractivity contribution in [1.82, 2.24) is 0 Å². The molecule has 0 amide bonds. The van der Waals surface area contributed by atoms with Gasteiger partial charge in [0, 0.05) is 46.3 Å². The van der Waals surface area contributed by atoms with E-state index in [1.54, 1.807) is 30.3 Å². The van der Waals surface area contributed by atoms with Gasteiger partial charge in [0.1, 0.15) is 18.1 Å². The van der Waals surface area contributed by atoms with Gasteiger partial charge in [-0.2, -0.15) is 13.2 Å². The van der Waals surface area contributed by atoms with Crippen molar-refractivity contribution in [2.45, 2.75) is 51.7 Å². The number of ketones is 1. The van der Waals surface area contributed by atoms with Crippen LogP contribution in [0.4, 0.5) is 18.9 Å². The molecule has 2 N–H and O–H groups in total. The highest BCUT2D eigenvalue weighted by atomic mass is 35.5. The molecule has 220 valence electrons. The van der Waals surface area contributed by atoms with E-state index >= 15 is 0 Å². The zero-order chi connectivity index (χ0) is 30.2. The molecule has 3 rings (SSSR count). The maximum Gasteiger partial charge on any atom is 0.416 e. The number of aliphatic carboxylic acids is 1. The van der Waals surface area contributed by atoms with Crippen LogP contribution in [0.2, 0.25) is 5.02 Å². The van der Waals surface area contributed by atoms with E-state index in [1.165, 1.54) is 13.2 Å². The fourth-order valence-corrected chi connectivity index (χ4v) is 4.51. The second kappa shape index (κ2) is 14.3. The second-order valence-electron chi connectivity index (χ2n) is 9.75. The quantitative estimate of drug-likeness (QED) is 0.183. The van der Waals surface area contributed by atoms with Crippen LogP contribution in [0.5, 0.6) is 11.5 Å². The number of nitrogens with one attached hydrogen (secondary N) is 1. The number of benzene rings is 3. The molecule has 0 unspecified atom stereocenters. The number of carboxylic acid groups (broad SMARTS) is 1. The summed E-state index contributed by atoms with van der Waals surface area (Å²) in [4.78, 5) is 23.0. The summed E-state index contributed by atoms with van der Waals surface area (Å²) < 4.78 is 50.7. The first-order valence-electron chi connectivity index (χ1n) is 13.2. The Morgan fingerprint density at radius 2 is 1.68 bits per heavy atom. The molecular weight excluding hydrogens is 559 g/mol. The van der Waals surface area contributed by atoms with Crippen LogP contribution in [-0.2, 0) is 11.0 Å². The smallest absolute Gasteiger partial charge is 0.416 e. The van der Waals surface area contributed by atoms with E-state index in [9.17, 15) is 22.8 Å². The molecular formula is C31H33ClF3NO5. The van der Waals surface area contributed by atoms with Gasteiger partial charge >= 0.3 is 12.1 Å². The maximum atomic E-state index is 13.0. The van der Waals surface area contributed by atoms with Gasteiger partial charge in [0.05, 0.1) is 18.7 Å². The number of rotatable bonds is 14. The molecule has 0 radical (unpaired) electrons. The van der Waals surface area contributed by atoms with E-state index in [4.69, 9.17) is 26.2 Å². The summed E-state index contributed by atoms with van der Waals surface area (Å²) in [5.74, 6) is 0.134. The molecule has 3 aromatic rings. The van der Waals surface area contributed by atoms with Crippen molar-refractivity contribution >= 4 is 29.0 Å². The predicted octanol–water partition coefficient (Wildman–Crippen LogP) is 8.38. The molecule has 0 fully saturated rings. The number of Topliss-reactive ketones (excluding diaryl/α,β-unsaturated/α-hetero) is 1. The zero-order valence-electron chi connectivity index (χ0n) is 23.1. The van der Waals surface area contributed by atoms with E-state index in [-0.39, 0.29) is 35.6 Å². The topological polar surface area (TPSA) is 84.9 Å². The molecule has 10 heteroatoms. The van der Waals surface area contributed by atoms with Crippen LogP contribution in [0.1, 0.15) is 55.5 Å². The number of carboxylic acids is 1. The van der Waals surface area contributed by atoms with Crippen molar-refractivity contribution < 1.29 is 37.3 Å². The van der Waals surface area contributed by atoms with E-state index in [0.29, 0.717) is 41.2 Å². The molecule has 41 heavy (non-hydrogen) atoms. The number of alkyl halides is 3. The van der Waals surface area contributed by atoms with Crippen molar-refractivity contribution in [3.05, 3.63) is 76.8 Å². The molecule has 0 aliphatic carbocycles. The first kappa shape index (κ1) is 31.8. The molecule has 0 heterocycles. The number of halogens is 4. The Kier molecular flexibility index (Phi) is 11.1. The zero-order valence-corrected chi connectivity index (χ0v) is 23.8. The monoisotopic (exact) mass is 591 g/mol. The summed E-state index contributed by atoms with van der Waals surface area (Å²) in [7, 11) is 1.46. The third-order valence-corrected chi connectivity index (χ3v) is 7.19. The van der Waals surface area contributed by atoms with E-state index in [1.807, 2.05) is 12.1 Å². The first-order valence-corrected chi connectivity index (χ1v) is 13.6. The van der Waals surface area contributed by atoms with Crippen LogP contribution in [0.25, 0.3) is 11.1 Å². The van der Waals surface area contributed by atoms with Crippen LogP contribution in [0.15, 0.2) is 60.7 Å². The molecule has 0 aromatic heterocycles. The lowest BCUT2D eigenvalue weighted by atomic mass is 9.99. The lowest BCUT2D eigenvalue weighted by molar-refractivity contribution is -0.138. The van der Waals surface area contributed by atoms with Gasteiger partial charge in [-0.25, -0.2) is 0 Å². The van der Waals surface area contributed by atoms with Gasteiger partial charge in [-0.1, -0.05) is 37.9 Å². The van der Waals surface area contributed by atoms with Crippen LogP contribution in [0, 0.1) is 5.92 Å². The average molecular weight is 592 g/mol. The molecule has 0 bridgehead atoms. The highest BCUT2D eigenvalue weighted by Gasteiger charge is 2.31. The van der Waals surface area contributed by atoms with Gasteiger partial charge in [0.25, 0.3) is 0 Å². The van der Waals surface area contributed by atoms with Crippen LogP contribution >= 0.6 is 11.6 Å². The van der Waals surface area contributed by atoms with Crippen LogP contribution in [-0.4, -0.2) is 36.6 Å². The number of methoxy groups -OCH3 is 1. The van der Waals surface area contributed by atoms with Gasteiger partial charge < -0.3 is 19.9 Å².